The quantitative estimate of drug-likeness (QED) is 0.705. The highest BCUT2D eigenvalue weighted by molar-refractivity contribution is 7.90. The fraction of sp³-hybridized carbons (Fsp3) is 0.571. The van der Waals surface area contributed by atoms with E-state index in [1.165, 1.54) is 24.3 Å². The molecule has 0 bridgehead atoms. The van der Waals surface area contributed by atoms with Gasteiger partial charge >= 0.3 is 0 Å². The van der Waals surface area contributed by atoms with E-state index in [1.54, 1.807) is 0 Å². The van der Waals surface area contributed by atoms with Gasteiger partial charge in [0, 0.05) is 18.3 Å². The van der Waals surface area contributed by atoms with Crippen LogP contribution in [-0.4, -0.2) is 35.2 Å². The molecule has 0 unspecified atom stereocenters. The predicted octanol–water partition coefficient (Wildman–Crippen LogP) is 1.45. The highest BCUT2D eigenvalue weighted by Gasteiger charge is 2.30. The first-order valence-electron chi connectivity index (χ1n) is 7.08. The second-order valence-electron chi connectivity index (χ2n) is 5.51. The monoisotopic (exact) mass is 384 g/mol. The van der Waals surface area contributed by atoms with E-state index in [-0.39, 0.29) is 29.6 Å². The third-order valence-electron chi connectivity index (χ3n) is 3.76. The molecule has 0 radical (unpaired) electrons. The van der Waals surface area contributed by atoms with Gasteiger partial charge in [0.25, 0.3) is 0 Å². The van der Waals surface area contributed by atoms with Gasteiger partial charge in [0.05, 0.1) is 10.6 Å². The van der Waals surface area contributed by atoms with E-state index in [0.717, 1.165) is 6.26 Å². The molecule has 0 heterocycles. The molecule has 0 atom stereocenters. The number of nitrogens with one attached hydrogen (secondary N) is 1. The zero-order chi connectivity index (χ0) is 17.0. The molecular formula is C14H25ClN2O4S2. The van der Waals surface area contributed by atoms with Crippen molar-refractivity contribution in [2.75, 3.05) is 12.8 Å². The largest absolute Gasteiger partial charge is 0.329 e. The summed E-state index contributed by atoms with van der Waals surface area (Å²) in [4.78, 5) is 0.101. The maximum atomic E-state index is 12.4. The first-order valence-corrected chi connectivity index (χ1v) is 10.6. The zero-order valence-corrected chi connectivity index (χ0v) is 16.0. The van der Waals surface area contributed by atoms with Crippen molar-refractivity contribution in [2.24, 2.45) is 5.73 Å². The Bertz CT molecular complexity index is 689. The van der Waals surface area contributed by atoms with Crippen LogP contribution >= 0.6 is 12.4 Å². The predicted molar refractivity (Wildman–Crippen MR) is 94.9 cm³/mol. The van der Waals surface area contributed by atoms with Gasteiger partial charge in [-0.25, -0.2) is 21.6 Å². The van der Waals surface area contributed by atoms with E-state index in [4.69, 9.17) is 5.73 Å². The Labute approximate surface area is 145 Å². The van der Waals surface area contributed by atoms with Crippen LogP contribution in [-0.2, 0) is 25.6 Å². The number of halogens is 1. The van der Waals surface area contributed by atoms with Crippen molar-refractivity contribution in [3.8, 4) is 0 Å². The normalized spacial score (nSPS) is 12.7. The van der Waals surface area contributed by atoms with Gasteiger partial charge in [-0.15, -0.1) is 12.4 Å². The maximum Gasteiger partial charge on any atom is 0.241 e. The summed E-state index contributed by atoms with van der Waals surface area (Å²) in [6.07, 6.45) is 2.31. The fourth-order valence-electron chi connectivity index (χ4n) is 2.14. The van der Waals surface area contributed by atoms with E-state index >= 15 is 0 Å². The van der Waals surface area contributed by atoms with Crippen molar-refractivity contribution in [3.63, 3.8) is 0 Å². The Morgan fingerprint density at radius 1 is 1.04 bits per heavy atom. The van der Waals surface area contributed by atoms with E-state index in [0.29, 0.717) is 18.4 Å². The van der Waals surface area contributed by atoms with Crippen LogP contribution in [0, 0.1) is 0 Å². The molecule has 1 aromatic carbocycles. The molecule has 0 saturated carbocycles. The topological polar surface area (TPSA) is 106 Å². The standard InChI is InChI=1S/C14H24N2O4S2.ClH/c1-4-14(5-2,11-15)16-22(19,20)13-8-6-12(7-9-13)10-21(3,17)18;/h6-9,16H,4-5,10-11,15H2,1-3H3;1H. The van der Waals surface area contributed by atoms with Gasteiger partial charge in [0.1, 0.15) is 0 Å². The van der Waals surface area contributed by atoms with E-state index < -0.39 is 25.4 Å². The summed E-state index contributed by atoms with van der Waals surface area (Å²) in [5.74, 6) is -0.114. The number of sulfonamides is 1. The minimum atomic E-state index is -3.69. The van der Waals surface area contributed by atoms with Crippen molar-refractivity contribution in [1.82, 2.24) is 4.72 Å². The molecule has 0 spiro atoms. The molecule has 0 aromatic heterocycles. The lowest BCUT2D eigenvalue weighted by Gasteiger charge is -2.31. The number of nitrogens with two attached hydrogens (primary N) is 1. The Morgan fingerprint density at radius 3 is 1.87 bits per heavy atom. The summed E-state index contributed by atoms with van der Waals surface area (Å²) in [7, 11) is -6.84. The SMILES string of the molecule is CCC(CC)(CN)NS(=O)(=O)c1ccc(CS(C)(=O)=O)cc1.Cl. The van der Waals surface area contributed by atoms with Crippen molar-refractivity contribution in [1.29, 1.82) is 0 Å². The number of hydrogen-bond acceptors (Lipinski definition) is 5. The number of rotatable bonds is 8. The van der Waals surface area contributed by atoms with E-state index in [2.05, 4.69) is 4.72 Å². The first kappa shape index (κ1) is 22.3. The minimum Gasteiger partial charge on any atom is -0.329 e. The molecule has 0 saturated heterocycles. The van der Waals surface area contributed by atoms with Crippen LogP contribution < -0.4 is 10.5 Å². The Morgan fingerprint density at radius 2 is 1.52 bits per heavy atom. The summed E-state index contributed by atoms with van der Waals surface area (Å²) >= 11 is 0. The molecule has 9 heteroatoms. The number of sulfone groups is 1. The van der Waals surface area contributed by atoms with Crippen molar-refractivity contribution in [2.45, 2.75) is 42.9 Å². The van der Waals surface area contributed by atoms with Gasteiger partial charge in [0.2, 0.25) is 10.0 Å². The summed E-state index contributed by atoms with van der Waals surface area (Å²) in [6, 6.07) is 5.85. The Balaban J connectivity index is 0.00000484. The van der Waals surface area contributed by atoms with Crippen LogP contribution in [0.3, 0.4) is 0 Å². The van der Waals surface area contributed by atoms with Crippen LogP contribution in [0.5, 0.6) is 0 Å². The van der Waals surface area contributed by atoms with Gasteiger partial charge in [-0.1, -0.05) is 26.0 Å². The Hall–Kier alpha value is -0.670. The highest BCUT2D eigenvalue weighted by Crippen LogP contribution is 2.19. The molecule has 23 heavy (non-hydrogen) atoms. The molecule has 0 amide bonds. The van der Waals surface area contributed by atoms with Crippen LogP contribution in [0.25, 0.3) is 0 Å². The van der Waals surface area contributed by atoms with Crippen molar-refractivity contribution < 1.29 is 16.8 Å². The summed E-state index contributed by atoms with van der Waals surface area (Å²) < 4.78 is 50.0. The van der Waals surface area contributed by atoms with Gasteiger partial charge in [-0.05, 0) is 30.5 Å². The number of benzene rings is 1. The van der Waals surface area contributed by atoms with Gasteiger partial charge in [-0.2, -0.15) is 0 Å². The molecular weight excluding hydrogens is 360 g/mol. The second kappa shape index (κ2) is 8.43. The van der Waals surface area contributed by atoms with Crippen LogP contribution in [0.2, 0.25) is 0 Å². The average molecular weight is 385 g/mol. The summed E-state index contributed by atoms with van der Waals surface area (Å²) in [5.41, 5.74) is 5.60. The van der Waals surface area contributed by atoms with Crippen LogP contribution in [0.15, 0.2) is 29.2 Å². The lowest BCUT2D eigenvalue weighted by molar-refractivity contribution is 0.363. The maximum absolute atomic E-state index is 12.4. The summed E-state index contributed by atoms with van der Waals surface area (Å²) in [5, 5.41) is 0. The molecule has 134 valence electrons. The van der Waals surface area contributed by atoms with Crippen LogP contribution in [0.1, 0.15) is 32.3 Å². The molecule has 1 aromatic rings. The second-order valence-corrected chi connectivity index (χ2v) is 9.33. The molecule has 1 rings (SSSR count). The molecule has 3 N–H and O–H groups in total. The lowest BCUT2D eigenvalue weighted by Crippen LogP contribution is -2.52. The minimum absolute atomic E-state index is 0. The number of hydrogen-bond donors (Lipinski definition) is 2. The average Bonchev–Trinajstić information content (AvgIpc) is 2.44. The van der Waals surface area contributed by atoms with Crippen molar-refractivity contribution in [3.05, 3.63) is 29.8 Å². The van der Waals surface area contributed by atoms with Crippen LogP contribution in [0.4, 0.5) is 0 Å². The zero-order valence-electron chi connectivity index (χ0n) is 13.6. The molecule has 0 fully saturated rings. The van der Waals surface area contributed by atoms with Gasteiger partial charge < -0.3 is 5.73 Å². The van der Waals surface area contributed by atoms with Crippen molar-refractivity contribution >= 4 is 32.3 Å². The van der Waals surface area contributed by atoms with E-state index in [1.807, 2.05) is 13.8 Å². The molecule has 0 aliphatic carbocycles. The van der Waals surface area contributed by atoms with E-state index in [9.17, 15) is 16.8 Å². The van der Waals surface area contributed by atoms with Gasteiger partial charge in [-0.3, -0.25) is 0 Å². The highest BCUT2D eigenvalue weighted by atomic mass is 35.5. The molecule has 0 aliphatic heterocycles. The Kier molecular flexibility index (Phi) is 8.19. The van der Waals surface area contributed by atoms with Gasteiger partial charge in [0.15, 0.2) is 9.84 Å². The third-order valence-corrected chi connectivity index (χ3v) is 6.21. The smallest absolute Gasteiger partial charge is 0.241 e. The molecule has 6 nitrogen and oxygen atoms in total. The fourth-order valence-corrected chi connectivity index (χ4v) is 4.49. The third kappa shape index (κ3) is 6.39. The molecule has 0 aliphatic rings. The lowest BCUT2D eigenvalue weighted by atomic mass is 9.95. The summed E-state index contributed by atoms with van der Waals surface area (Å²) in [6.45, 7) is 3.98. The first-order chi connectivity index (χ1) is 10.1.